The van der Waals surface area contributed by atoms with E-state index in [0.29, 0.717) is 5.96 Å². The van der Waals surface area contributed by atoms with Crippen LogP contribution in [0.5, 0.6) is 0 Å². The molecular formula is C8H10BrN3. The number of halogens is 1. The molecule has 4 heteroatoms. The maximum Gasteiger partial charge on any atom is 0.192 e. The van der Waals surface area contributed by atoms with Crippen molar-refractivity contribution in [1.29, 1.82) is 0 Å². The van der Waals surface area contributed by atoms with Gasteiger partial charge in [-0.05, 0) is 28.1 Å². The van der Waals surface area contributed by atoms with Crippen molar-refractivity contribution in [2.75, 3.05) is 12.4 Å². The molecule has 3 N–H and O–H groups in total. The van der Waals surface area contributed by atoms with Crippen molar-refractivity contribution in [3.63, 3.8) is 0 Å². The first kappa shape index (κ1) is 9.06. The zero-order chi connectivity index (χ0) is 8.97. The van der Waals surface area contributed by atoms with Gasteiger partial charge in [0.25, 0.3) is 0 Å². The van der Waals surface area contributed by atoms with Gasteiger partial charge in [0, 0.05) is 11.5 Å². The van der Waals surface area contributed by atoms with Crippen LogP contribution in [-0.4, -0.2) is 13.0 Å². The number of rotatable bonds is 1. The smallest absolute Gasteiger partial charge is 0.192 e. The lowest BCUT2D eigenvalue weighted by atomic mass is 10.3. The molecule has 1 aromatic rings. The van der Waals surface area contributed by atoms with Gasteiger partial charge in [0.15, 0.2) is 5.96 Å². The summed E-state index contributed by atoms with van der Waals surface area (Å²) in [5.74, 6) is 0.405. The van der Waals surface area contributed by atoms with Gasteiger partial charge in [-0.3, -0.25) is 4.99 Å². The molecule has 0 atom stereocenters. The Morgan fingerprint density at radius 3 is 2.75 bits per heavy atom. The van der Waals surface area contributed by atoms with Gasteiger partial charge >= 0.3 is 0 Å². The molecule has 0 unspecified atom stereocenters. The molecule has 0 aliphatic rings. The van der Waals surface area contributed by atoms with Crippen molar-refractivity contribution in [2.24, 2.45) is 10.7 Å². The first-order valence-electron chi connectivity index (χ1n) is 3.48. The van der Waals surface area contributed by atoms with Gasteiger partial charge in [0.2, 0.25) is 0 Å². The summed E-state index contributed by atoms with van der Waals surface area (Å²) in [6.07, 6.45) is 0. The third-order valence-corrected chi connectivity index (χ3v) is 2.07. The number of hydrogen-bond donors (Lipinski definition) is 2. The Labute approximate surface area is 79.8 Å². The molecule has 0 amide bonds. The average molecular weight is 228 g/mol. The van der Waals surface area contributed by atoms with Crippen LogP contribution in [0.25, 0.3) is 0 Å². The number of hydrogen-bond acceptors (Lipinski definition) is 1. The largest absolute Gasteiger partial charge is 0.370 e. The Morgan fingerprint density at radius 2 is 2.17 bits per heavy atom. The zero-order valence-electron chi connectivity index (χ0n) is 6.71. The number of aliphatic imine (C=N–C) groups is 1. The lowest BCUT2D eigenvalue weighted by Crippen LogP contribution is -2.22. The molecule has 0 heterocycles. The molecule has 0 radical (unpaired) electrons. The van der Waals surface area contributed by atoms with E-state index < -0.39 is 0 Å². The van der Waals surface area contributed by atoms with E-state index >= 15 is 0 Å². The first-order chi connectivity index (χ1) is 5.74. The van der Waals surface area contributed by atoms with Crippen molar-refractivity contribution in [3.8, 4) is 0 Å². The van der Waals surface area contributed by atoms with Crippen molar-refractivity contribution >= 4 is 27.6 Å². The summed E-state index contributed by atoms with van der Waals surface area (Å²) >= 11 is 3.38. The molecule has 1 rings (SSSR count). The van der Waals surface area contributed by atoms with Crippen molar-refractivity contribution < 1.29 is 0 Å². The third kappa shape index (κ3) is 2.23. The first-order valence-corrected chi connectivity index (χ1v) is 4.27. The second kappa shape index (κ2) is 4.11. The quantitative estimate of drug-likeness (QED) is 0.568. The van der Waals surface area contributed by atoms with Crippen LogP contribution >= 0.6 is 15.9 Å². The molecule has 0 spiro atoms. The molecule has 0 aromatic heterocycles. The zero-order valence-corrected chi connectivity index (χ0v) is 8.30. The van der Waals surface area contributed by atoms with Gasteiger partial charge in [0.05, 0.1) is 5.69 Å². The van der Waals surface area contributed by atoms with E-state index in [2.05, 4.69) is 26.2 Å². The maximum absolute atomic E-state index is 5.49. The van der Waals surface area contributed by atoms with E-state index in [1.54, 1.807) is 7.05 Å². The number of nitrogens with two attached hydrogens (primary N) is 1. The summed E-state index contributed by atoms with van der Waals surface area (Å²) < 4.78 is 0.969. The standard InChI is InChI=1S/C8H10BrN3/c1-11-8(10)12-7-5-3-2-4-6(7)9/h2-5H,1H3,(H3,10,11,12). The minimum absolute atomic E-state index is 0.405. The summed E-state index contributed by atoms with van der Waals surface area (Å²) in [5, 5.41) is 2.94. The van der Waals surface area contributed by atoms with Crippen LogP contribution in [0.1, 0.15) is 0 Å². The fraction of sp³-hybridized carbons (Fsp3) is 0.125. The predicted octanol–water partition coefficient (Wildman–Crippen LogP) is 1.81. The Bertz CT molecular complexity index is 296. The minimum Gasteiger partial charge on any atom is -0.370 e. The molecule has 0 aliphatic heterocycles. The van der Waals surface area contributed by atoms with E-state index in [1.165, 1.54) is 0 Å². The summed E-state index contributed by atoms with van der Waals surface area (Å²) in [5.41, 5.74) is 6.41. The Kier molecular flexibility index (Phi) is 3.10. The molecule has 3 nitrogen and oxygen atoms in total. The SMILES string of the molecule is CN=C(N)Nc1ccccc1Br. The fourth-order valence-electron chi connectivity index (χ4n) is 0.756. The molecule has 0 aliphatic carbocycles. The lowest BCUT2D eigenvalue weighted by molar-refractivity contribution is 1.38. The topological polar surface area (TPSA) is 50.4 Å². The molecular weight excluding hydrogens is 218 g/mol. The second-order valence-corrected chi connectivity index (χ2v) is 3.07. The van der Waals surface area contributed by atoms with E-state index in [4.69, 9.17) is 5.73 Å². The molecule has 0 saturated carbocycles. The number of para-hydroxylation sites is 1. The van der Waals surface area contributed by atoms with E-state index in [9.17, 15) is 0 Å². The van der Waals surface area contributed by atoms with E-state index in [1.807, 2.05) is 24.3 Å². The minimum atomic E-state index is 0.405. The number of guanidine groups is 1. The van der Waals surface area contributed by atoms with E-state index in [0.717, 1.165) is 10.2 Å². The Morgan fingerprint density at radius 1 is 1.50 bits per heavy atom. The van der Waals surface area contributed by atoms with Crippen molar-refractivity contribution in [2.45, 2.75) is 0 Å². The summed E-state index contributed by atoms with van der Waals surface area (Å²) in [6, 6.07) is 7.72. The summed E-state index contributed by atoms with van der Waals surface area (Å²) in [4.78, 5) is 3.79. The molecule has 12 heavy (non-hydrogen) atoms. The van der Waals surface area contributed by atoms with Crippen molar-refractivity contribution in [1.82, 2.24) is 0 Å². The highest BCUT2D eigenvalue weighted by Gasteiger charge is 1.97. The van der Waals surface area contributed by atoms with Gasteiger partial charge in [-0.15, -0.1) is 0 Å². The van der Waals surface area contributed by atoms with Crippen LogP contribution in [0.2, 0.25) is 0 Å². The highest BCUT2D eigenvalue weighted by Crippen LogP contribution is 2.20. The average Bonchev–Trinajstić information content (AvgIpc) is 2.09. The Hall–Kier alpha value is -1.03. The maximum atomic E-state index is 5.49. The molecule has 0 fully saturated rings. The van der Waals surface area contributed by atoms with Crippen molar-refractivity contribution in [3.05, 3.63) is 28.7 Å². The van der Waals surface area contributed by atoms with Crippen LogP contribution in [-0.2, 0) is 0 Å². The van der Waals surface area contributed by atoms with Crippen LogP contribution in [0.15, 0.2) is 33.7 Å². The van der Waals surface area contributed by atoms with Crippen LogP contribution in [0.3, 0.4) is 0 Å². The Balaban J connectivity index is 2.82. The van der Waals surface area contributed by atoms with Gasteiger partial charge in [-0.2, -0.15) is 0 Å². The molecule has 0 bridgehead atoms. The van der Waals surface area contributed by atoms with Gasteiger partial charge < -0.3 is 11.1 Å². The summed E-state index contributed by atoms with van der Waals surface area (Å²) in [6.45, 7) is 0. The van der Waals surface area contributed by atoms with Crippen LogP contribution < -0.4 is 11.1 Å². The normalized spacial score (nSPS) is 11.3. The monoisotopic (exact) mass is 227 g/mol. The van der Waals surface area contributed by atoms with Gasteiger partial charge in [0.1, 0.15) is 0 Å². The number of nitrogens with one attached hydrogen (secondary N) is 1. The molecule has 64 valence electrons. The number of benzene rings is 1. The molecule has 0 saturated heterocycles. The van der Waals surface area contributed by atoms with Crippen LogP contribution in [0.4, 0.5) is 5.69 Å². The molecule has 1 aromatic carbocycles. The second-order valence-electron chi connectivity index (χ2n) is 2.21. The predicted molar refractivity (Wildman–Crippen MR) is 55.3 cm³/mol. The fourth-order valence-corrected chi connectivity index (χ4v) is 1.14. The van der Waals surface area contributed by atoms with Gasteiger partial charge in [-0.1, -0.05) is 12.1 Å². The van der Waals surface area contributed by atoms with E-state index in [-0.39, 0.29) is 0 Å². The third-order valence-electron chi connectivity index (χ3n) is 1.38. The van der Waals surface area contributed by atoms with Crippen LogP contribution in [0, 0.1) is 0 Å². The number of anilines is 1. The summed E-state index contributed by atoms with van der Waals surface area (Å²) in [7, 11) is 1.64. The highest BCUT2D eigenvalue weighted by atomic mass is 79.9. The van der Waals surface area contributed by atoms with Gasteiger partial charge in [-0.25, -0.2) is 0 Å². The number of nitrogens with zero attached hydrogens (tertiary/aromatic N) is 1. The lowest BCUT2D eigenvalue weighted by Gasteiger charge is -2.05. The highest BCUT2D eigenvalue weighted by molar-refractivity contribution is 9.10.